The van der Waals surface area contributed by atoms with Crippen LogP contribution >= 0.6 is 0 Å². The molecule has 4 heteroatoms. The third-order valence-electron chi connectivity index (χ3n) is 6.15. The molecule has 1 amide bonds. The fraction of sp³-hybridized carbons (Fsp3) is 0.938. The fourth-order valence-electron chi connectivity index (χ4n) is 4.78. The number of hydrogen-bond acceptors (Lipinski definition) is 3. The summed E-state index contributed by atoms with van der Waals surface area (Å²) >= 11 is 0. The Balaban J connectivity index is 1.85. The van der Waals surface area contributed by atoms with E-state index in [1.54, 1.807) is 0 Å². The Morgan fingerprint density at radius 3 is 2.80 bits per heavy atom. The SMILES string of the molecule is CCC1CCCN1C(=O)C1(N)C2CCCOC2C1(C)C. The van der Waals surface area contributed by atoms with Crippen molar-refractivity contribution in [3.05, 3.63) is 0 Å². The molecule has 3 rings (SSSR count). The molecule has 20 heavy (non-hydrogen) atoms. The Labute approximate surface area is 122 Å². The molecule has 0 bridgehead atoms. The molecule has 114 valence electrons. The van der Waals surface area contributed by atoms with E-state index in [1.165, 1.54) is 0 Å². The van der Waals surface area contributed by atoms with E-state index < -0.39 is 5.54 Å². The van der Waals surface area contributed by atoms with Crippen molar-refractivity contribution < 1.29 is 9.53 Å². The van der Waals surface area contributed by atoms with E-state index in [0.29, 0.717) is 6.04 Å². The van der Waals surface area contributed by atoms with E-state index in [9.17, 15) is 4.79 Å². The fourth-order valence-corrected chi connectivity index (χ4v) is 4.78. The Morgan fingerprint density at radius 1 is 1.35 bits per heavy atom. The second-order valence-electron chi connectivity index (χ2n) is 7.33. The molecule has 2 heterocycles. The van der Waals surface area contributed by atoms with Gasteiger partial charge in [0, 0.05) is 30.5 Å². The van der Waals surface area contributed by atoms with Gasteiger partial charge in [0.1, 0.15) is 5.54 Å². The minimum atomic E-state index is -0.726. The Bertz CT molecular complexity index is 409. The molecule has 4 nitrogen and oxygen atoms in total. The Morgan fingerprint density at radius 2 is 2.10 bits per heavy atom. The van der Waals surface area contributed by atoms with Crippen molar-refractivity contribution in [2.45, 2.75) is 70.6 Å². The quantitative estimate of drug-likeness (QED) is 0.841. The predicted octanol–water partition coefficient (Wildman–Crippen LogP) is 1.92. The van der Waals surface area contributed by atoms with Crippen molar-refractivity contribution in [2.24, 2.45) is 17.1 Å². The summed E-state index contributed by atoms with van der Waals surface area (Å²) in [5.74, 6) is 0.385. The lowest BCUT2D eigenvalue weighted by molar-refractivity contribution is -0.230. The number of ether oxygens (including phenoxy) is 1. The molecule has 3 aliphatic rings. The highest BCUT2D eigenvalue weighted by Gasteiger charge is 2.71. The molecule has 1 aliphatic carbocycles. The predicted molar refractivity (Wildman–Crippen MR) is 78.2 cm³/mol. The second kappa shape index (κ2) is 4.70. The van der Waals surface area contributed by atoms with E-state index in [-0.39, 0.29) is 23.3 Å². The first-order valence-electron chi connectivity index (χ1n) is 8.16. The van der Waals surface area contributed by atoms with Crippen LogP contribution in [0.4, 0.5) is 0 Å². The number of likely N-dealkylation sites (tertiary alicyclic amines) is 1. The van der Waals surface area contributed by atoms with Gasteiger partial charge in [0.25, 0.3) is 0 Å². The smallest absolute Gasteiger partial charge is 0.243 e. The average Bonchev–Trinajstić information content (AvgIpc) is 2.93. The molecule has 0 aromatic carbocycles. The monoisotopic (exact) mass is 280 g/mol. The summed E-state index contributed by atoms with van der Waals surface area (Å²) in [6.45, 7) is 8.07. The van der Waals surface area contributed by atoms with E-state index in [2.05, 4.69) is 25.7 Å². The van der Waals surface area contributed by atoms with Crippen molar-refractivity contribution in [3.63, 3.8) is 0 Å². The molecule has 2 saturated heterocycles. The summed E-state index contributed by atoms with van der Waals surface area (Å²) in [4.78, 5) is 15.2. The molecule has 4 unspecified atom stereocenters. The third-order valence-corrected chi connectivity index (χ3v) is 6.15. The zero-order valence-corrected chi connectivity index (χ0v) is 13.0. The van der Waals surface area contributed by atoms with Crippen LogP contribution in [-0.2, 0) is 9.53 Å². The van der Waals surface area contributed by atoms with Crippen LogP contribution in [0.2, 0.25) is 0 Å². The molecule has 2 aliphatic heterocycles. The van der Waals surface area contributed by atoms with Crippen LogP contribution in [0.1, 0.15) is 52.9 Å². The van der Waals surface area contributed by atoms with Crippen LogP contribution in [0.25, 0.3) is 0 Å². The van der Waals surface area contributed by atoms with Gasteiger partial charge < -0.3 is 15.4 Å². The first-order valence-corrected chi connectivity index (χ1v) is 8.16. The number of rotatable bonds is 2. The average molecular weight is 280 g/mol. The van der Waals surface area contributed by atoms with Gasteiger partial charge >= 0.3 is 0 Å². The van der Waals surface area contributed by atoms with E-state index in [0.717, 1.165) is 45.3 Å². The number of hydrogen-bond donors (Lipinski definition) is 1. The Hall–Kier alpha value is -0.610. The van der Waals surface area contributed by atoms with Gasteiger partial charge in [-0.15, -0.1) is 0 Å². The summed E-state index contributed by atoms with van der Waals surface area (Å²) in [7, 11) is 0. The Kier molecular flexibility index (Phi) is 3.37. The molecule has 2 N–H and O–H groups in total. The highest BCUT2D eigenvalue weighted by molar-refractivity contribution is 5.90. The van der Waals surface area contributed by atoms with Crippen LogP contribution in [0.3, 0.4) is 0 Å². The minimum absolute atomic E-state index is 0.160. The molecular formula is C16H28N2O2. The van der Waals surface area contributed by atoms with Crippen LogP contribution < -0.4 is 5.73 Å². The van der Waals surface area contributed by atoms with Crippen molar-refractivity contribution in [2.75, 3.05) is 13.2 Å². The lowest BCUT2D eigenvalue weighted by atomic mass is 9.46. The van der Waals surface area contributed by atoms with Gasteiger partial charge in [0.2, 0.25) is 5.91 Å². The first kappa shape index (κ1) is 14.3. The highest BCUT2D eigenvalue weighted by Crippen LogP contribution is 2.58. The zero-order chi connectivity index (χ0) is 14.5. The van der Waals surface area contributed by atoms with E-state index in [1.807, 2.05) is 0 Å². The topological polar surface area (TPSA) is 55.6 Å². The molecular weight excluding hydrogens is 252 g/mol. The van der Waals surface area contributed by atoms with Crippen LogP contribution in [0, 0.1) is 11.3 Å². The zero-order valence-electron chi connectivity index (χ0n) is 13.0. The molecule has 0 radical (unpaired) electrons. The van der Waals surface area contributed by atoms with Gasteiger partial charge in [-0.05, 0) is 32.1 Å². The van der Waals surface area contributed by atoms with Crippen molar-refractivity contribution in [3.8, 4) is 0 Å². The molecule has 3 fully saturated rings. The van der Waals surface area contributed by atoms with Crippen LogP contribution in [0.15, 0.2) is 0 Å². The van der Waals surface area contributed by atoms with Crippen molar-refractivity contribution in [1.82, 2.24) is 4.90 Å². The number of carbonyl (C=O) groups is 1. The molecule has 0 aromatic heterocycles. The van der Waals surface area contributed by atoms with E-state index in [4.69, 9.17) is 10.5 Å². The summed E-state index contributed by atoms with van der Waals surface area (Å²) in [6, 6.07) is 0.391. The maximum atomic E-state index is 13.1. The number of nitrogens with two attached hydrogens (primary N) is 1. The number of carbonyl (C=O) groups excluding carboxylic acids is 1. The number of amides is 1. The maximum absolute atomic E-state index is 13.1. The normalized spacial score (nSPS) is 43.0. The molecule has 0 aromatic rings. The maximum Gasteiger partial charge on any atom is 0.243 e. The lowest BCUT2D eigenvalue weighted by Crippen LogP contribution is -2.82. The third kappa shape index (κ3) is 1.64. The number of fused-ring (bicyclic) bond motifs is 1. The first-order chi connectivity index (χ1) is 9.44. The van der Waals surface area contributed by atoms with Crippen molar-refractivity contribution in [1.29, 1.82) is 0 Å². The molecule has 0 spiro atoms. The van der Waals surface area contributed by atoms with Crippen LogP contribution in [-0.4, -0.2) is 41.6 Å². The summed E-state index contributed by atoms with van der Waals surface area (Å²) in [5.41, 5.74) is 5.72. The lowest BCUT2D eigenvalue weighted by Gasteiger charge is -2.65. The van der Waals surface area contributed by atoms with Crippen LogP contribution in [0.5, 0.6) is 0 Å². The summed E-state index contributed by atoms with van der Waals surface area (Å²) < 4.78 is 5.90. The molecule has 4 atom stereocenters. The second-order valence-corrected chi connectivity index (χ2v) is 7.33. The van der Waals surface area contributed by atoms with Crippen molar-refractivity contribution >= 4 is 5.91 Å². The number of nitrogens with zero attached hydrogens (tertiary/aromatic N) is 1. The van der Waals surface area contributed by atoms with Gasteiger partial charge in [0.05, 0.1) is 6.10 Å². The van der Waals surface area contributed by atoms with Gasteiger partial charge in [0.15, 0.2) is 0 Å². The summed E-state index contributed by atoms with van der Waals surface area (Å²) in [5, 5.41) is 0. The summed E-state index contributed by atoms with van der Waals surface area (Å²) in [6.07, 6.45) is 5.50. The van der Waals surface area contributed by atoms with Gasteiger partial charge in [-0.3, -0.25) is 4.79 Å². The highest BCUT2D eigenvalue weighted by atomic mass is 16.5. The minimum Gasteiger partial charge on any atom is -0.377 e. The largest absolute Gasteiger partial charge is 0.377 e. The standard InChI is InChI=1S/C16H28N2O2/c1-4-11-7-5-9-18(11)14(19)16(17)12-8-6-10-20-13(12)15(16,2)3/h11-13H,4-10,17H2,1-3H3. The molecule has 1 saturated carbocycles. The van der Waals surface area contributed by atoms with Gasteiger partial charge in [-0.2, -0.15) is 0 Å². The van der Waals surface area contributed by atoms with E-state index >= 15 is 0 Å². The van der Waals surface area contributed by atoms with Gasteiger partial charge in [-0.25, -0.2) is 0 Å². The van der Waals surface area contributed by atoms with Gasteiger partial charge in [-0.1, -0.05) is 20.8 Å².